The summed E-state index contributed by atoms with van der Waals surface area (Å²) in [5, 5.41) is 9.93. The van der Waals surface area contributed by atoms with Crippen LogP contribution in [0.15, 0.2) is 4.79 Å². The molecule has 0 saturated heterocycles. The van der Waals surface area contributed by atoms with Gasteiger partial charge in [-0.2, -0.15) is 0 Å². The summed E-state index contributed by atoms with van der Waals surface area (Å²) >= 11 is 10.0. The molecule has 0 radical (unpaired) electrons. The molecule has 0 amide bonds. The number of aromatic amines is 2. The van der Waals surface area contributed by atoms with E-state index in [1.54, 1.807) is 14.1 Å². The third-order valence-corrected chi connectivity index (χ3v) is 3.58. The van der Waals surface area contributed by atoms with Gasteiger partial charge in [-0.3, -0.25) is 9.13 Å². The highest BCUT2D eigenvalue weighted by Crippen LogP contribution is 2.07. The minimum absolute atomic E-state index is 0.0312. The Labute approximate surface area is 133 Å². The van der Waals surface area contributed by atoms with Gasteiger partial charge in [-0.15, -0.1) is 0 Å². The zero-order valence-corrected chi connectivity index (χ0v) is 14.5. The van der Waals surface area contributed by atoms with Crippen molar-refractivity contribution in [3.8, 4) is 0 Å². The second-order valence-electron chi connectivity index (χ2n) is 5.73. The molecule has 21 heavy (non-hydrogen) atoms. The molecule has 0 aromatic carbocycles. The molecule has 2 heterocycles. The SMILES string of the molecule is C[N+](C)(C)CC[O-].Cn1c(=S)c2[nH]c(=S)[nH]c2n(C)c1=O. The topological polar surface area (TPSA) is 81.6 Å². The maximum atomic E-state index is 11.6. The molecule has 0 bridgehead atoms. The van der Waals surface area contributed by atoms with Gasteiger partial charge in [-0.05, 0) is 12.2 Å². The van der Waals surface area contributed by atoms with Gasteiger partial charge in [0.15, 0.2) is 4.77 Å². The average Bonchev–Trinajstić information content (AvgIpc) is 2.75. The van der Waals surface area contributed by atoms with E-state index in [-0.39, 0.29) is 12.3 Å². The zero-order chi connectivity index (χ0) is 16.4. The first-order valence-electron chi connectivity index (χ1n) is 6.35. The van der Waals surface area contributed by atoms with Crippen LogP contribution in [-0.4, -0.2) is 57.9 Å². The molecular formula is C12H21N5O2S2. The number of H-pyrrole nitrogens is 2. The van der Waals surface area contributed by atoms with Crippen LogP contribution in [0, 0.1) is 9.41 Å². The Bertz CT molecular complexity index is 791. The van der Waals surface area contributed by atoms with Gasteiger partial charge in [0.05, 0.1) is 27.7 Å². The van der Waals surface area contributed by atoms with E-state index < -0.39 is 0 Å². The summed E-state index contributed by atoms with van der Waals surface area (Å²) in [6.07, 6.45) is 0. The van der Waals surface area contributed by atoms with Crippen molar-refractivity contribution in [2.45, 2.75) is 0 Å². The molecule has 118 valence electrons. The number of nitrogens with zero attached hydrogens (tertiary/aromatic N) is 3. The predicted octanol–water partition coefficient (Wildman–Crippen LogP) is 0.0451. The number of hydrogen-bond acceptors (Lipinski definition) is 4. The van der Waals surface area contributed by atoms with Crippen molar-refractivity contribution >= 4 is 35.6 Å². The van der Waals surface area contributed by atoms with Gasteiger partial charge in [-0.25, -0.2) is 4.79 Å². The largest absolute Gasteiger partial charge is 0.850 e. The molecule has 0 aliphatic heterocycles. The monoisotopic (exact) mass is 331 g/mol. The van der Waals surface area contributed by atoms with Crippen molar-refractivity contribution in [3.05, 3.63) is 19.9 Å². The second-order valence-corrected chi connectivity index (χ2v) is 6.52. The number of imidazole rings is 1. The van der Waals surface area contributed by atoms with E-state index in [2.05, 4.69) is 9.97 Å². The van der Waals surface area contributed by atoms with Crippen molar-refractivity contribution < 1.29 is 9.59 Å². The third kappa shape index (κ3) is 4.34. The maximum Gasteiger partial charge on any atom is 0.330 e. The van der Waals surface area contributed by atoms with Crippen LogP contribution < -0.4 is 10.8 Å². The molecule has 0 fully saturated rings. The molecule has 0 aliphatic carbocycles. The van der Waals surface area contributed by atoms with E-state index in [0.717, 1.165) is 11.0 Å². The van der Waals surface area contributed by atoms with Gasteiger partial charge in [0, 0.05) is 14.1 Å². The summed E-state index contributed by atoms with van der Waals surface area (Å²) < 4.78 is 4.57. The summed E-state index contributed by atoms with van der Waals surface area (Å²) in [5.74, 6) is 0. The summed E-state index contributed by atoms with van der Waals surface area (Å²) in [7, 11) is 9.33. The van der Waals surface area contributed by atoms with Crippen molar-refractivity contribution in [3.63, 3.8) is 0 Å². The Hall–Kier alpha value is -1.29. The lowest BCUT2D eigenvalue weighted by atomic mass is 10.5. The van der Waals surface area contributed by atoms with Crippen LogP contribution in [0.4, 0.5) is 0 Å². The van der Waals surface area contributed by atoms with Crippen molar-refractivity contribution in [2.75, 3.05) is 34.3 Å². The number of nitrogens with one attached hydrogen (secondary N) is 2. The molecular weight excluding hydrogens is 310 g/mol. The number of likely N-dealkylation sites (N-methyl/N-ethyl adjacent to an activating group) is 1. The quantitative estimate of drug-likeness (QED) is 0.602. The van der Waals surface area contributed by atoms with Gasteiger partial charge in [0.25, 0.3) is 0 Å². The molecule has 0 atom stereocenters. The first kappa shape index (κ1) is 17.8. The van der Waals surface area contributed by atoms with Crippen molar-refractivity contribution in [1.29, 1.82) is 0 Å². The van der Waals surface area contributed by atoms with Crippen LogP contribution in [0.25, 0.3) is 11.2 Å². The average molecular weight is 331 g/mol. The Balaban J connectivity index is 0.000000270. The number of fused-ring (bicyclic) bond motifs is 1. The lowest BCUT2D eigenvalue weighted by Gasteiger charge is -2.25. The summed E-state index contributed by atoms with van der Waals surface area (Å²) in [6, 6.07) is 0. The lowest BCUT2D eigenvalue weighted by Crippen LogP contribution is -2.39. The highest BCUT2D eigenvalue weighted by atomic mass is 32.1. The van der Waals surface area contributed by atoms with Crippen molar-refractivity contribution in [2.24, 2.45) is 14.1 Å². The first-order chi connectivity index (χ1) is 9.58. The van der Waals surface area contributed by atoms with Gasteiger partial charge in [-0.1, -0.05) is 18.8 Å². The van der Waals surface area contributed by atoms with Crippen LogP contribution in [0.1, 0.15) is 0 Å². The van der Waals surface area contributed by atoms with Crippen LogP contribution in [-0.2, 0) is 14.1 Å². The highest BCUT2D eigenvalue weighted by Gasteiger charge is 2.06. The fourth-order valence-corrected chi connectivity index (χ4v) is 2.05. The number of quaternary nitrogens is 1. The summed E-state index contributed by atoms with van der Waals surface area (Å²) in [5.41, 5.74) is 1.14. The number of hydrogen-bond donors (Lipinski definition) is 2. The molecule has 2 N–H and O–H groups in total. The Morgan fingerprint density at radius 1 is 1.14 bits per heavy atom. The predicted molar refractivity (Wildman–Crippen MR) is 86.3 cm³/mol. The van der Waals surface area contributed by atoms with Gasteiger partial charge in [0.1, 0.15) is 15.8 Å². The standard InChI is InChI=1S/C7H8N4OS2.C5H13NO/c1-10-4-3(8-6(14)9-4)5(13)11(2)7(10)12;1-6(2,3)4-5-7/h1-2H3,(H2,8,9,14);4-5H2,1-3H3. The zero-order valence-electron chi connectivity index (χ0n) is 12.9. The van der Waals surface area contributed by atoms with E-state index in [1.807, 2.05) is 21.1 Å². The molecule has 2 rings (SSSR count). The number of rotatable bonds is 2. The van der Waals surface area contributed by atoms with E-state index in [1.165, 1.54) is 9.13 Å². The van der Waals surface area contributed by atoms with Crippen LogP contribution in [0.3, 0.4) is 0 Å². The van der Waals surface area contributed by atoms with Crippen molar-refractivity contribution in [1.82, 2.24) is 19.1 Å². The lowest BCUT2D eigenvalue weighted by molar-refractivity contribution is -0.875. The number of aryl methyl sites for hydroxylation is 1. The Kier molecular flexibility index (Phi) is 5.62. The maximum absolute atomic E-state index is 11.6. The van der Waals surface area contributed by atoms with Gasteiger partial charge >= 0.3 is 5.69 Å². The summed E-state index contributed by atoms with van der Waals surface area (Å²) in [6.45, 7) is 0.753. The fourth-order valence-electron chi connectivity index (χ4n) is 1.63. The van der Waals surface area contributed by atoms with E-state index in [4.69, 9.17) is 24.4 Å². The van der Waals surface area contributed by atoms with E-state index >= 15 is 0 Å². The fraction of sp³-hybridized carbons (Fsp3) is 0.583. The van der Waals surface area contributed by atoms with E-state index in [0.29, 0.717) is 20.6 Å². The molecule has 2 aromatic rings. The molecule has 9 heteroatoms. The van der Waals surface area contributed by atoms with Crippen LogP contribution >= 0.6 is 24.4 Å². The van der Waals surface area contributed by atoms with E-state index in [9.17, 15) is 9.90 Å². The Morgan fingerprint density at radius 2 is 1.71 bits per heavy atom. The van der Waals surface area contributed by atoms with Gasteiger partial charge in [0.2, 0.25) is 0 Å². The minimum Gasteiger partial charge on any atom is -0.850 e. The summed E-state index contributed by atoms with van der Waals surface area (Å²) in [4.78, 5) is 17.4. The molecule has 2 aromatic heterocycles. The molecule has 0 saturated carbocycles. The minimum atomic E-state index is -0.173. The molecule has 0 aliphatic rings. The normalized spacial score (nSPS) is 11.3. The molecule has 0 spiro atoms. The smallest absolute Gasteiger partial charge is 0.330 e. The Morgan fingerprint density at radius 3 is 2.14 bits per heavy atom. The number of aromatic nitrogens is 4. The molecule has 0 unspecified atom stereocenters. The van der Waals surface area contributed by atoms with Crippen LogP contribution in [0.5, 0.6) is 0 Å². The first-order valence-corrected chi connectivity index (χ1v) is 7.16. The molecule has 7 nitrogen and oxygen atoms in total. The highest BCUT2D eigenvalue weighted by molar-refractivity contribution is 7.71. The second kappa shape index (κ2) is 6.65. The third-order valence-electron chi connectivity index (χ3n) is 2.90. The van der Waals surface area contributed by atoms with Gasteiger partial charge < -0.3 is 19.6 Å². The van der Waals surface area contributed by atoms with Crippen LogP contribution in [0.2, 0.25) is 0 Å².